The largest absolute Gasteiger partial charge is 0.494 e. The van der Waals surface area contributed by atoms with Gasteiger partial charge in [0.25, 0.3) is 5.91 Å². The van der Waals surface area contributed by atoms with Gasteiger partial charge in [-0.05, 0) is 86.2 Å². The van der Waals surface area contributed by atoms with E-state index in [0.29, 0.717) is 43.0 Å². The van der Waals surface area contributed by atoms with Crippen LogP contribution in [0, 0.1) is 17.8 Å². The molecule has 2 unspecified atom stereocenters. The van der Waals surface area contributed by atoms with E-state index >= 15 is 9.59 Å². The number of carbonyl (C=O) groups excluding carboxylic acids is 3. The average Bonchev–Trinajstić information content (AvgIpc) is 3.68. The fraction of sp³-hybridized carbons (Fsp3) is 0.439. The van der Waals surface area contributed by atoms with Crippen LogP contribution in [0.2, 0.25) is 0 Å². The van der Waals surface area contributed by atoms with Gasteiger partial charge in [-0.15, -0.1) is 24.9 Å². The highest BCUT2D eigenvalue weighted by molar-refractivity contribution is 8.02. The highest BCUT2D eigenvalue weighted by Gasteiger charge is 2.78. The number of hydrogen-bond donors (Lipinski definition) is 1. The summed E-state index contributed by atoms with van der Waals surface area (Å²) < 4.78 is 4.24. The number of rotatable bonds is 14. The van der Waals surface area contributed by atoms with Gasteiger partial charge < -0.3 is 24.5 Å². The molecule has 3 saturated heterocycles. The van der Waals surface area contributed by atoms with Crippen molar-refractivity contribution in [3.05, 3.63) is 92.0 Å². The molecule has 3 amide bonds. The monoisotopic (exact) mass is 695 g/mol. The van der Waals surface area contributed by atoms with Crippen LogP contribution in [0.15, 0.2) is 92.0 Å². The first-order valence-electron chi connectivity index (χ1n) is 17.7. The maximum atomic E-state index is 15.3. The molecule has 0 saturated carbocycles. The Kier molecular flexibility index (Phi) is 10.2. The Labute approximate surface area is 300 Å². The molecule has 264 valence electrons. The lowest BCUT2D eigenvalue weighted by atomic mass is 9.66. The first-order valence-corrected chi connectivity index (χ1v) is 18.5. The van der Waals surface area contributed by atoms with Gasteiger partial charge in [0.1, 0.15) is 11.8 Å². The zero-order valence-corrected chi connectivity index (χ0v) is 30.4. The third kappa shape index (κ3) is 6.02. The van der Waals surface area contributed by atoms with Crippen molar-refractivity contribution >= 4 is 51.6 Å². The summed E-state index contributed by atoms with van der Waals surface area (Å²) in [6, 6.07) is 19.9. The molecule has 50 heavy (non-hydrogen) atoms. The standard InChI is InChI=1S/C41H49N3O5S/c1-7-22-42(30-16-18-33(19-17-30)49-9-3)37(46)34-35-38(47)44(32(26-45)24-27(4)5)36(41(35)21-20-40(34,6)50-41)39(48)43(23-8-2)31-15-14-28-12-10-11-13-29(28)25-31/h7-8,10-19,25,27,32,34-36,45H,1-2,9,20-24,26H2,3-6H3/t32-,34-,35+,36?,40+,41?/m1/s1. The molecule has 0 aliphatic carbocycles. The van der Waals surface area contributed by atoms with Gasteiger partial charge in [0.2, 0.25) is 11.8 Å². The lowest BCUT2D eigenvalue weighted by molar-refractivity contribution is -0.142. The van der Waals surface area contributed by atoms with Gasteiger partial charge in [-0.1, -0.05) is 56.3 Å². The van der Waals surface area contributed by atoms with Crippen LogP contribution in [-0.4, -0.2) is 75.6 Å². The van der Waals surface area contributed by atoms with E-state index in [0.717, 1.165) is 10.8 Å². The van der Waals surface area contributed by atoms with Crippen LogP contribution in [0.5, 0.6) is 5.75 Å². The van der Waals surface area contributed by atoms with Gasteiger partial charge in [-0.2, -0.15) is 0 Å². The van der Waals surface area contributed by atoms with Crippen molar-refractivity contribution in [2.75, 3.05) is 36.1 Å². The summed E-state index contributed by atoms with van der Waals surface area (Å²) in [5.74, 6) is -1.11. The molecule has 1 spiro atoms. The van der Waals surface area contributed by atoms with E-state index in [2.05, 4.69) is 33.9 Å². The highest BCUT2D eigenvalue weighted by Crippen LogP contribution is 2.72. The van der Waals surface area contributed by atoms with Crippen molar-refractivity contribution < 1.29 is 24.2 Å². The smallest absolute Gasteiger partial charge is 0.251 e. The highest BCUT2D eigenvalue weighted by atomic mass is 32.2. The quantitative estimate of drug-likeness (QED) is 0.185. The molecule has 3 fully saturated rings. The molecule has 6 atom stereocenters. The molecule has 0 aromatic heterocycles. The van der Waals surface area contributed by atoms with Gasteiger partial charge >= 0.3 is 0 Å². The van der Waals surface area contributed by atoms with E-state index < -0.39 is 33.4 Å². The Morgan fingerprint density at radius 2 is 1.62 bits per heavy atom. The number of anilines is 2. The Balaban J connectivity index is 1.45. The molecule has 9 heteroatoms. The molecule has 1 N–H and O–H groups in total. The minimum atomic E-state index is -0.870. The van der Waals surface area contributed by atoms with Crippen LogP contribution >= 0.6 is 11.8 Å². The molecule has 0 radical (unpaired) electrons. The van der Waals surface area contributed by atoms with Gasteiger partial charge in [-0.3, -0.25) is 14.4 Å². The van der Waals surface area contributed by atoms with Crippen molar-refractivity contribution in [3.63, 3.8) is 0 Å². The summed E-state index contributed by atoms with van der Waals surface area (Å²) >= 11 is 1.64. The number of likely N-dealkylation sites (tertiary alicyclic amines) is 1. The number of carbonyl (C=O) groups is 3. The average molecular weight is 696 g/mol. The van der Waals surface area contributed by atoms with E-state index in [1.807, 2.05) is 73.7 Å². The number of fused-ring (bicyclic) bond motifs is 2. The third-order valence-electron chi connectivity index (χ3n) is 10.7. The Morgan fingerprint density at radius 1 is 0.980 bits per heavy atom. The number of aliphatic hydroxyl groups is 1. The predicted molar refractivity (Wildman–Crippen MR) is 203 cm³/mol. The number of benzene rings is 3. The summed E-state index contributed by atoms with van der Waals surface area (Å²) in [4.78, 5) is 50.3. The second-order valence-corrected chi connectivity index (χ2v) is 16.3. The lowest BCUT2D eigenvalue weighted by Crippen LogP contribution is -2.58. The topological polar surface area (TPSA) is 90.4 Å². The van der Waals surface area contributed by atoms with Crippen molar-refractivity contribution in [1.29, 1.82) is 0 Å². The summed E-state index contributed by atoms with van der Waals surface area (Å²) in [7, 11) is 0. The van der Waals surface area contributed by atoms with Crippen LogP contribution in [0.1, 0.15) is 47.0 Å². The molecule has 3 heterocycles. The summed E-state index contributed by atoms with van der Waals surface area (Å²) in [6.07, 6.45) is 5.24. The van der Waals surface area contributed by atoms with Crippen LogP contribution < -0.4 is 14.5 Å². The van der Waals surface area contributed by atoms with E-state index in [4.69, 9.17) is 4.74 Å². The maximum Gasteiger partial charge on any atom is 0.251 e. The van der Waals surface area contributed by atoms with E-state index in [9.17, 15) is 9.90 Å². The number of nitrogens with zero attached hydrogens (tertiary/aromatic N) is 3. The number of aliphatic hydroxyl groups excluding tert-OH is 1. The molecule has 8 nitrogen and oxygen atoms in total. The van der Waals surface area contributed by atoms with Gasteiger partial charge in [-0.25, -0.2) is 0 Å². The molecule has 2 bridgehead atoms. The van der Waals surface area contributed by atoms with Crippen molar-refractivity contribution in [2.24, 2.45) is 17.8 Å². The van der Waals surface area contributed by atoms with Crippen LogP contribution in [-0.2, 0) is 14.4 Å². The molecular formula is C41H49N3O5S. The number of amides is 3. The van der Waals surface area contributed by atoms with E-state index in [-0.39, 0.29) is 43.3 Å². The predicted octanol–water partition coefficient (Wildman–Crippen LogP) is 6.87. The Bertz CT molecular complexity index is 1780. The van der Waals surface area contributed by atoms with Crippen LogP contribution in [0.25, 0.3) is 10.8 Å². The van der Waals surface area contributed by atoms with Crippen molar-refractivity contribution in [1.82, 2.24) is 4.90 Å². The normalized spacial score (nSPS) is 25.8. The van der Waals surface area contributed by atoms with Crippen molar-refractivity contribution in [3.8, 4) is 5.75 Å². The summed E-state index contributed by atoms with van der Waals surface area (Å²) in [6.45, 7) is 16.8. The number of ether oxygens (including phenoxy) is 1. The molecule has 6 rings (SSSR count). The molecule has 3 aromatic rings. The summed E-state index contributed by atoms with van der Waals surface area (Å²) in [5.41, 5.74) is 1.41. The van der Waals surface area contributed by atoms with E-state index in [1.54, 1.807) is 38.6 Å². The van der Waals surface area contributed by atoms with Gasteiger partial charge in [0, 0.05) is 29.2 Å². The number of hydrogen-bond acceptors (Lipinski definition) is 6. The van der Waals surface area contributed by atoms with Gasteiger partial charge in [0.15, 0.2) is 0 Å². The van der Waals surface area contributed by atoms with E-state index in [1.165, 1.54) is 0 Å². The molecular weight excluding hydrogens is 647 g/mol. The first-order chi connectivity index (χ1) is 24.0. The molecule has 3 aliphatic rings. The second-order valence-electron chi connectivity index (χ2n) is 14.4. The maximum absolute atomic E-state index is 15.3. The van der Waals surface area contributed by atoms with Crippen LogP contribution in [0.3, 0.4) is 0 Å². The van der Waals surface area contributed by atoms with Crippen LogP contribution in [0.4, 0.5) is 11.4 Å². The Hall–Kier alpha value is -4.08. The lowest BCUT2D eigenvalue weighted by Gasteiger charge is -2.40. The minimum Gasteiger partial charge on any atom is -0.494 e. The SMILES string of the molecule is C=CCN(C(=O)C1N([C@@H](CO)CC(C)C)C(=O)[C@@H]2[C@H](C(=O)N(CC=C)c3ccc(OCC)cc3)[C@]3(C)CCC12S3)c1ccc2ccccc2c1. The minimum absolute atomic E-state index is 0.154. The van der Waals surface area contributed by atoms with Crippen molar-refractivity contribution in [2.45, 2.75) is 68.5 Å². The third-order valence-corrected chi connectivity index (χ3v) is 12.7. The fourth-order valence-corrected chi connectivity index (χ4v) is 11.0. The zero-order valence-electron chi connectivity index (χ0n) is 29.6. The Morgan fingerprint density at radius 3 is 2.24 bits per heavy atom. The zero-order chi connectivity index (χ0) is 35.8. The fourth-order valence-electron chi connectivity index (χ4n) is 8.69. The van der Waals surface area contributed by atoms with Gasteiger partial charge in [0.05, 0.1) is 35.8 Å². The molecule has 3 aliphatic heterocycles. The number of thioether (sulfide) groups is 1. The first kappa shape index (κ1) is 35.7. The molecule has 3 aromatic carbocycles. The second kappa shape index (κ2) is 14.3. The summed E-state index contributed by atoms with van der Waals surface area (Å²) in [5, 5.41) is 12.9.